The number of benzene rings is 1. The standard InChI is InChI=1S/C14H12N4O2/c1-9-12(13(19)20)8-17-14(18-9)16-7-11-4-2-3-10(5-11)6-15/h2-5,8H,7H2,1H3,(H,19,20)(H,16,17,18). The Morgan fingerprint density at radius 1 is 1.50 bits per heavy atom. The molecule has 2 rings (SSSR count). The first-order valence-electron chi connectivity index (χ1n) is 5.90. The molecule has 1 heterocycles. The molecule has 0 aliphatic heterocycles. The first-order chi connectivity index (χ1) is 9.60. The number of aryl methyl sites for hydroxylation is 1. The number of carboxylic acid groups (broad SMARTS) is 1. The molecule has 0 fully saturated rings. The summed E-state index contributed by atoms with van der Waals surface area (Å²) >= 11 is 0. The Bertz CT molecular complexity index is 692. The number of aromatic carboxylic acids is 1. The van der Waals surface area contributed by atoms with Crippen LogP contribution in [0, 0.1) is 18.3 Å². The molecule has 0 aliphatic carbocycles. The third-order valence-electron chi connectivity index (χ3n) is 2.72. The highest BCUT2D eigenvalue weighted by molar-refractivity contribution is 5.88. The van der Waals surface area contributed by atoms with Crippen molar-refractivity contribution in [3.63, 3.8) is 0 Å². The van der Waals surface area contributed by atoms with Gasteiger partial charge in [0.1, 0.15) is 0 Å². The third kappa shape index (κ3) is 3.09. The first-order valence-corrected chi connectivity index (χ1v) is 5.90. The van der Waals surface area contributed by atoms with Crippen LogP contribution in [-0.4, -0.2) is 21.0 Å². The molecule has 0 unspecified atom stereocenters. The maximum Gasteiger partial charge on any atom is 0.339 e. The van der Waals surface area contributed by atoms with Crippen molar-refractivity contribution < 1.29 is 9.90 Å². The van der Waals surface area contributed by atoms with Crippen molar-refractivity contribution in [2.45, 2.75) is 13.5 Å². The Balaban J connectivity index is 2.09. The molecular weight excluding hydrogens is 256 g/mol. The third-order valence-corrected chi connectivity index (χ3v) is 2.72. The zero-order chi connectivity index (χ0) is 14.5. The topological polar surface area (TPSA) is 98.9 Å². The van der Waals surface area contributed by atoms with Gasteiger partial charge in [-0.25, -0.2) is 14.8 Å². The second-order valence-electron chi connectivity index (χ2n) is 4.16. The quantitative estimate of drug-likeness (QED) is 0.879. The van der Waals surface area contributed by atoms with E-state index in [0.717, 1.165) is 5.56 Å². The SMILES string of the molecule is Cc1nc(NCc2cccc(C#N)c2)ncc1C(=O)O. The van der Waals surface area contributed by atoms with Gasteiger partial charge in [0, 0.05) is 12.7 Å². The fraction of sp³-hybridized carbons (Fsp3) is 0.143. The number of rotatable bonds is 4. The monoisotopic (exact) mass is 268 g/mol. The Morgan fingerprint density at radius 2 is 2.30 bits per heavy atom. The lowest BCUT2D eigenvalue weighted by atomic mass is 10.1. The number of nitriles is 1. The highest BCUT2D eigenvalue weighted by atomic mass is 16.4. The van der Waals surface area contributed by atoms with Gasteiger partial charge in [0.2, 0.25) is 5.95 Å². The average Bonchev–Trinajstić information content (AvgIpc) is 2.45. The van der Waals surface area contributed by atoms with E-state index in [0.29, 0.717) is 23.8 Å². The summed E-state index contributed by atoms with van der Waals surface area (Å²) in [4.78, 5) is 18.9. The Morgan fingerprint density at radius 3 is 2.95 bits per heavy atom. The molecule has 1 aromatic heterocycles. The van der Waals surface area contributed by atoms with Gasteiger partial charge in [0.15, 0.2) is 0 Å². The van der Waals surface area contributed by atoms with E-state index >= 15 is 0 Å². The normalized spacial score (nSPS) is 9.80. The van der Waals surface area contributed by atoms with Crippen LogP contribution in [0.3, 0.4) is 0 Å². The number of hydrogen-bond donors (Lipinski definition) is 2. The summed E-state index contributed by atoms with van der Waals surface area (Å²) in [6, 6.07) is 9.25. The number of carbonyl (C=O) groups is 1. The fourth-order valence-corrected chi connectivity index (χ4v) is 1.69. The molecular formula is C14H12N4O2. The highest BCUT2D eigenvalue weighted by Gasteiger charge is 2.09. The maximum atomic E-state index is 10.9. The van der Waals surface area contributed by atoms with Crippen LogP contribution in [0.15, 0.2) is 30.5 Å². The summed E-state index contributed by atoms with van der Waals surface area (Å²) in [6.07, 6.45) is 1.28. The fourth-order valence-electron chi connectivity index (χ4n) is 1.69. The number of nitrogens with one attached hydrogen (secondary N) is 1. The van der Waals surface area contributed by atoms with Crippen LogP contribution in [0.25, 0.3) is 0 Å². The summed E-state index contributed by atoms with van der Waals surface area (Å²) in [5.74, 6) is -0.689. The average molecular weight is 268 g/mol. The molecule has 100 valence electrons. The van der Waals surface area contributed by atoms with Gasteiger partial charge >= 0.3 is 5.97 Å². The van der Waals surface area contributed by atoms with E-state index in [9.17, 15) is 4.79 Å². The van der Waals surface area contributed by atoms with Gasteiger partial charge in [0.05, 0.1) is 22.9 Å². The number of aromatic nitrogens is 2. The molecule has 1 aromatic carbocycles. The summed E-state index contributed by atoms with van der Waals surface area (Å²) in [6.45, 7) is 2.08. The minimum atomic E-state index is -1.05. The van der Waals surface area contributed by atoms with E-state index in [1.807, 2.05) is 6.07 Å². The van der Waals surface area contributed by atoms with Gasteiger partial charge in [-0.1, -0.05) is 12.1 Å². The van der Waals surface area contributed by atoms with Crippen LogP contribution < -0.4 is 5.32 Å². The lowest BCUT2D eigenvalue weighted by Crippen LogP contribution is -2.08. The molecule has 0 saturated heterocycles. The zero-order valence-corrected chi connectivity index (χ0v) is 10.8. The predicted molar refractivity (Wildman–Crippen MR) is 72.2 cm³/mol. The Labute approximate surface area is 115 Å². The molecule has 0 aliphatic rings. The van der Waals surface area contributed by atoms with Gasteiger partial charge in [-0.05, 0) is 24.6 Å². The van der Waals surface area contributed by atoms with Crippen LogP contribution in [0.1, 0.15) is 27.2 Å². The molecule has 0 saturated carbocycles. The molecule has 0 spiro atoms. The summed E-state index contributed by atoms with van der Waals surface area (Å²) in [7, 11) is 0. The maximum absolute atomic E-state index is 10.9. The molecule has 0 amide bonds. The highest BCUT2D eigenvalue weighted by Crippen LogP contribution is 2.09. The van der Waals surface area contributed by atoms with Crippen molar-refractivity contribution in [3.05, 3.63) is 52.8 Å². The summed E-state index contributed by atoms with van der Waals surface area (Å²) in [5.41, 5.74) is 2.00. The molecule has 6 heteroatoms. The van der Waals surface area contributed by atoms with Crippen molar-refractivity contribution in [2.24, 2.45) is 0 Å². The van der Waals surface area contributed by atoms with Crippen molar-refractivity contribution in [3.8, 4) is 6.07 Å². The Hall–Kier alpha value is -2.94. The van der Waals surface area contributed by atoms with Gasteiger partial charge in [-0.3, -0.25) is 0 Å². The molecule has 0 bridgehead atoms. The lowest BCUT2D eigenvalue weighted by molar-refractivity contribution is 0.0695. The van der Waals surface area contributed by atoms with E-state index in [4.69, 9.17) is 10.4 Å². The van der Waals surface area contributed by atoms with Gasteiger partial charge < -0.3 is 10.4 Å². The molecule has 0 radical (unpaired) electrons. The predicted octanol–water partition coefficient (Wildman–Crippen LogP) is 1.97. The Kier molecular flexibility index (Phi) is 3.91. The van der Waals surface area contributed by atoms with Crippen molar-refractivity contribution in [2.75, 3.05) is 5.32 Å². The first kappa shape index (κ1) is 13.5. The van der Waals surface area contributed by atoms with Crippen LogP contribution in [0.4, 0.5) is 5.95 Å². The molecule has 0 atom stereocenters. The van der Waals surface area contributed by atoms with Gasteiger partial charge in [0.25, 0.3) is 0 Å². The minimum Gasteiger partial charge on any atom is -0.478 e. The number of hydrogen-bond acceptors (Lipinski definition) is 5. The molecule has 2 N–H and O–H groups in total. The van der Waals surface area contributed by atoms with E-state index < -0.39 is 5.97 Å². The van der Waals surface area contributed by atoms with Crippen LogP contribution in [0.5, 0.6) is 0 Å². The smallest absolute Gasteiger partial charge is 0.339 e. The molecule has 2 aromatic rings. The lowest BCUT2D eigenvalue weighted by Gasteiger charge is -2.07. The molecule has 6 nitrogen and oxygen atoms in total. The van der Waals surface area contributed by atoms with Crippen molar-refractivity contribution >= 4 is 11.9 Å². The summed E-state index contributed by atoms with van der Waals surface area (Å²) < 4.78 is 0. The largest absolute Gasteiger partial charge is 0.478 e. The van der Waals surface area contributed by atoms with Crippen LogP contribution in [0.2, 0.25) is 0 Å². The number of nitrogens with zero attached hydrogens (tertiary/aromatic N) is 3. The van der Waals surface area contributed by atoms with Crippen LogP contribution in [-0.2, 0) is 6.54 Å². The minimum absolute atomic E-state index is 0.0852. The van der Waals surface area contributed by atoms with Gasteiger partial charge in [-0.15, -0.1) is 0 Å². The second kappa shape index (κ2) is 5.80. The van der Waals surface area contributed by atoms with Crippen molar-refractivity contribution in [1.82, 2.24) is 9.97 Å². The van der Waals surface area contributed by atoms with Crippen molar-refractivity contribution in [1.29, 1.82) is 5.26 Å². The molecule has 20 heavy (non-hydrogen) atoms. The van der Waals surface area contributed by atoms with E-state index in [1.54, 1.807) is 25.1 Å². The van der Waals surface area contributed by atoms with E-state index in [-0.39, 0.29) is 5.56 Å². The van der Waals surface area contributed by atoms with Crippen LogP contribution >= 0.6 is 0 Å². The second-order valence-corrected chi connectivity index (χ2v) is 4.16. The zero-order valence-electron chi connectivity index (χ0n) is 10.8. The number of anilines is 1. The summed E-state index contributed by atoms with van der Waals surface area (Å²) in [5, 5.41) is 20.7. The van der Waals surface area contributed by atoms with Gasteiger partial charge in [-0.2, -0.15) is 5.26 Å². The number of carboxylic acids is 1. The van der Waals surface area contributed by atoms with E-state index in [1.165, 1.54) is 6.20 Å². The van der Waals surface area contributed by atoms with E-state index in [2.05, 4.69) is 21.4 Å².